The summed E-state index contributed by atoms with van der Waals surface area (Å²) in [5, 5.41) is 8.72. The van der Waals surface area contributed by atoms with Gasteiger partial charge in [0.25, 0.3) is 5.91 Å². The Morgan fingerprint density at radius 3 is 2.12 bits per heavy atom. The molecule has 1 atom stereocenters. The van der Waals surface area contributed by atoms with Crippen LogP contribution in [0.2, 0.25) is 0 Å². The van der Waals surface area contributed by atoms with Crippen molar-refractivity contribution in [1.29, 1.82) is 0 Å². The molecule has 7 heteroatoms. The number of fused-ring (bicyclic) bond motifs is 3. The molecule has 0 aliphatic carbocycles. The first-order chi connectivity index (χ1) is 16.1. The van der Waals surface area contributed by atoms with Crippen LogP contribution in [0.3, 0.4) is 0 Å². The number of benzene rings is 3. The zero-order chi connectivity index (χ0) is 23.2. The maximum atomic E-state index is 12.6. The highest BCUT2D eigenvalue weighted by Gasteiger charge is 2.21. The van der Waals surface area contributed by atoms with Gasteiger partial charge in [-0.05, 0) is 56.0 Å². The molecule has 1 amide bonds. The fourth-order valence-corrected chi connectivity index (χ4v) is 4.30. The number of nitrogens with one attached hydrogen (secondary N) is 1. The van der Waals surface area contributed by atoms with Crippen LogP contribution in [0.5, 0.6) is 0 Å². The molecule has 0 bridgehead atoms. The number of ketones is 1. The van der Waals surface area contributed by atoms with Gasteiger partial charge in [-0.1, -0.05) is 53.6 Å². The predicted octanol–water partition coefficient (Wildman–Crippen LogP) is 6.47. The van der Waals surface area contributed by atoms with E-state index in [0.29, 0.717) is 24.2 Å². The molecule has 0 aliphatic rings. The Kier molecular flexibility index (Phi) is 6.72. The predicted molar refractivity (Wildman–Crippen MR) is 131 cm³/mol. The second-order valence-corrected chi connectivity index (χ2v) is 8.02. The van der Waals surface area contributed by atoms with E-state index in [1.165, 1.54) is 0 Å². The summed E-state index contributed by atoms with van der Waals surface area (Å²) in [7, 11) is 0. The molecule has 4 rings (SSSR count). The molecule has 33 heavy (non-hydrogen) atoms. The minimum absolute atomic E-state index is 0.130. The van der Waals surface area contributed by atoms with Crippen LogP contribution < -0.4 is 5.32 Å². The standard InChI is InChI=1S/C26H25N5O2/c1-18(32)23(31-24-11-4-2-8-21(24)22-9-3-5-12-25(22)31)10-6-7-17-28-26(33)19-13-15-20(16-14-19)29-30-27/h2-5,8-9,11-16,23H,6-7,10,17H2,1H3,(H,28,33)/t23-/m0/s1. The summed E-state index contributed by atoms with van der Waals surface area (Å²) in [6, 6.07) is 22.6. The molecule has 0 saturated carbocycles. The number of hydrogen-bond acceptors (Lipinski definition) is 3. The quantitative estimate of drug-likeness (QED) is 0.140. The highest BCUT2D eigenvalue weighted by Crippen LogP contribution is 2.33. The number of Topliss-reactive ketones (excluding diaryl/α,β-unsaturated/α-hetero) is 1. The van der Waals surface area contributed by atoms with E-state index < -0.39 is 0 Å². The number of azide groups is 1. The Balaban J connectivity index is 1.40. The summed E-state index contributed by atoms with van der Waals surface area (Å²) >= 11 is 0. The third-order valence-corrected chi connectivity index (χ3v) is 5.88. The number of aromatic nitrogens is 1. The van der Waals surface area contributed by atoms with Crippen LogP contribution in [0.1, 0.15) is 42.6 Å². The molecule has 0 spiro atoms. The van der Waals surface area contributed by atoms with E-state index in [4.69, 9.17) is 5.53 Å². The van der Waals surface area contributed by atoms with E-state index in [1.54, 1.807) is 31.2 Å². The number of para-hydroxylation sites is 2. The molecular weight excluding hydrogens is 414 g/mol. The van der Waals surface area contributed by atoms with Gasteiger partial charge in [-0.15, -0.1) is 0 Å². The molecule has 1 heterocycles. The summed E-state index contributed by atoms with van der Waals surface area (Å²) in [6.07, 6.45) is 2.28. The first kappa shape index (κ1) is 22.1. The monoisotopic (exact) mass is 439 g/mol. The molecule has 1 aromatic heterocycles. The lowest BCUT2D eigenvalue weighted by Crippen LogP contribution is -2.24. The summed E-state index contributed by atoms with van der Waals surface area (Å²) in [4.78, 5) is 27.7. The van der Waals surface area contributed by atoms with Crippen LogP contribution in [-0.4, -0.2) is 22.8 Å². The van der Waals surface area contributed by atoms with Crippen molar-refractivity contribution in [2.45, 2.75) is 32.2 Å². The molecule has 166 valence electrons. The van der Waals surface area contributed by atoms with Crippen LogP contribution >= 0.6 is 0 Å². The number of unbranched alkanes of at least 4 members (excludes halogenated alkanes) is 1. The van der Waals surface area contributed by atoms with Crippen LogP contribution in [0.15, 0.2) is 77.9 Å². The summed E-state index contributed by atoms with van der Waals surface area (Å²) in [5.74, 6) is -0.0429. The molecule has 0 unspecified atom stereocenters. The van der Waals surface area contributed by atoms with Crippen LogP contribution in [0.25, 0.3) is 32.2 Å². The first-order valence-electron chi connectivity index (χ1n) is 11.0. The highest BCUT2D eigenvalue weighted by atomic mass is 16.1. The Hall–Kier alpha value is -4.09. The molecule has 0 fully saturated rings. The maximum Gasteiger partial charge on any atom is 0.251 e. The first-order valence-corrected chi connectivity index (χ1v) is 11.0. The van der Waals surface area contributed by atoms with Crippen molar-refractivity contribution in [3.05, 3.63) is 88.8 Å². The van der Waals surface area contributed by atoms with Crippen LogP contribution in [0, 0.1) is 0 Å². The van der Waals surface area contributed by atoms with Gasteiger partial charge in [-0.2, -0.15) is 0 Å². The number of carbonyl (C=O) groups excluding carboxylic acids is 2. The minimum atomic E-state index is -0.251. The number of rotatable bonds is 9. The Bertz CT molecular complexity index is 1300. The van der Waals surface area contributed by atoms with Crippen molar-refractivity contribution in [3.8, 4) is 0 Å². The van der Waals surface area contributed by atoms with E-state index in [0.717, 1.165) is 34.6 Å². The van der Waals surface area contributed by atoms with Gasteiger partial charge in [0.15, 0.2) is 5.78 Å². The molecule has 4 aromatic rings. The lowest BCUT2D eigenvalue weighted by molar-refractivity contribution is -0.120. The average Bonchev–Trinajstić information content (AvgIpc) is 3.16. The van der Waals surface area contributed by atoms with Gasteiger partial charge in [-0.3, -0.25) is 9.59 Å². The second-order valence-electron chi connectivity index (χ2n) is 8.02. The zero-order valence-electron chi connectivity index (χ0n) is 18.4. The van der Waals surface area contributed by atoms with Gasteiger partial charge in [-0.25, -0.2) is 0 Å². The fourth-order valence-electron chi connectivity index (χ4n) is 4.30. The van der Waals surface area contributed by atoms with Crippen LogP contribution in [-0.2, 0) is 4.79 Å². The van der Waals surface area contributed by atoms with Crippen molar-refractivity contribution >= 4 is 39.2 Å². The summed E-state index contributed by atoms with van der Waals surface area (Å²) < 4.78 is 2.16. The number of nitrogens with zero attached hydrogens (tertiary/aromatic N) is 4. The molecule has 0 saturated heterocycles. The van der Waals surface area contributed by atoms with Gasteiger partial charge in [0.05, 0.1) is 6.04 Å². The summed E-state index contributed by atoms with van der Waals surface area (Å²) in [5.41, 5.74) is 11.6. The third-order valence-electron chi connectivity index (χ3n) is 5.88. The Morgan fingerprint density at radius 2 is 1.55 bits per heavy atom. The van der Waals surface area contributed by atoms with E-state index in [1.807, 2.05) is 24.3 Å². The van der Waals surface area contributed by atoms with Gasteiger partial charge < -0.3 is 9.88 Å². The van der Waals surface area contributed by atoms with Gasteiger partial charge in [0.1, 0.15) is 0 Å². The van der Waals surface area contributed by atoms with Gasteiger partial charge >= 0.3 is 0 Å². The Labute approximate surface area is 191 Å². The van der Waals surface area contributed by atoms with Crippen molar-refractivity contribution in [2.24, 2.45) is 5.11 Å². The highest BCUT2D eigenvalue weighted by molar-refractivity contribution is 6.09. The normalized spacial score (nSPS) is 11.8. The largest absolute Gasteiger partial charge is 0.352 e. The smallest absolute Gasteiger partial charge is 0.251 e. The topological polar surface area (TPSA) is 99.9 Å². The second kappa shape index (κ2) is 10.0. The van der Waals surface area contributed by atoms with Crippen molar-refractivity contribution in [2.75, 3.05) is 6.54 Å². The minimum Gasteiger partial charge on any atom is -0.352 e. The molecule has 3 aromatic carbocycles. The Morgan fingerprint density at radius 1 is 0.939 bits per heavy atom. The fraction of sp³-hybridized carbons (Fsp3) is 0.231. The zero-order valence-corrected chi connectivity index (χ0v) is 18.4. The van der Waals surface area contributed by atoms with Crippen molar-refractivity contribution in [1.82, 2.24) is 9.88 Å². The average molecular weight is 440 g/mol. The molecule has 0 aliphatic heterocycles. The van der Waals surface area contributed by atoms with Gasteiger partial charge in [0.2, 0.25) is 0 Å². The lowest BCUT2D eigenvalue weighted by atomic mass is 10.1. The molecule has 7 nitrogen and oxygen atoms in total. The summed E-state index contributed by atoms with van der Waals surface area (Å²) in [6.45, 7) is 2.17. The maximum absolute atomic E-state index is 12.6. The lowest BCUT2D eigenvalue weighted by Gasteiger charge is -2.19. The number of carbonyl (C=O) groups is 2. The SMILES string of the molecule is CC(=O)[C@H](CCCCNC(=O)c1ccc(N=[N+]=[N-])cc1)n1c2ccccc2c2ccccc21. The van der Waals surface area contributed by atoms with E-state index in [2.05, 4.69) is 44.2 Å². The molecule has 0 radical (unpaired) electrons. The van der Waals surface area contributed by atoms with Crippen molar-refractivity contribution in [3.63, 3.8) is 0 Å². The third kappa shape index (κ3) is 4.73. The van der Waals surface area contributed by atoms with E-state index >= 15 is 0 Å². The van der Waals surface area contributed by atoms with Crippen molar-refractivity contribution < 1.29 is 9.59 Å². The number of hydrogen-bond donors (Lipinski definition) is 1. The molecular formula is C26H25N5O2. The molecule has 1 N–H and O–H groups in total. The van der Waals surface area contributed by atoms with E-state index in [9.17, 15) is 9.59 Å². The van der Waals surface area contributed by atoms with Gasteiger partial charge in [0, 0.05) is 44.5 Å². The van der Waals surface area contributed by atoms with Crippen LogP contribution in [0.4, 0.5) is 5.69 Å². The number of amides is 1. The van der Waals surface area contributed by atoms with E-state index in [-0.39, 0.29) is 17.7 Å².